The minimum Gasteiger partial charge on any atom is -0.389 e. The second-order valence-corrected chi connectivity index (χ2v) is 6.71. The van der Waals surface area contributed by atoms with E-state index in [4.69, 9.17) is 0 Å². The summed E-state index contributed by atoms with van der Waals surface area (Å²) < 4.78 is 52.6. The highest BCUT2D eigenvalue weighted by Crippen LogP contribution is 2.39. The van der Waals surface area contributed by atoms with E-state index < -0.39 is 32.2 Å². The molecule has 0 unspecified atom stereocenters. The van der Waals surface area contributed by atoms with Gasteiger partial charge >= 0.3 is 0 Å². The summed E-state index contributed by atoms with van der Waals surface area (Å²) in [5.41, 5.74) is -1.20. The van der Waals surface area contributed by atoms with Gasteiger partial charge in [-0.25, -0.2) is 21.9 Å². The van der Waals surface area contributed by atoms with Crippen LogP contribution in [0.3, 0.4) is 0 Å². The van der Waals surface area contributed by atoms with Crippen molar-refractivity contribution in [1.82, 2.24) is 4.72 Å². The maximum absolute atomic E-state index is 13.4. The molecule has 0 amide bonds. The van der Waals surface area contributed by atoms with Crippen molar-refractivity contribution in [3.63, 3.8) is 0 Å². The number of sulfonamides is 1. The Morgan fingerprint density at radius 1 is 1.37 bits per heavy atom. The summed E-state index contributed by atoms with van der Waals surface area (Å²) in [7, 11) is -4.32. The second-order valence-electron chi connectivity index (χ2n) is 5.01. The molecule has 1 aromatic rings. The molecular weight excluding hydrogens is 276 g/mol. The van der Waals surface area contributed by atoms with Crippen LogP contribution in [0.1, 0.15) is 19.8 Å². The minimum atomic E-state index is -4.32. The van der Waals surface area contributed by atoms with Crippen molar-refractivity contribution < 1.29 is 22.3 Å². The fourth-order valence-electron chi connectivity index (χ4n) is 1.90. The lowest BCUT2D eigenvalue weighted by atomic mass is 10.0. The Morgan fingerprint density at radius 2 is 1.89 bits per heavy atom. The number of halogens is 2. The average molecular weight is 291 g/mol. The van der Waals surface area contributed by atoms with Gasteiger partial charge in [0.2, 0.25) is 10.0 Å². The summed E-state index contributed by atoms with van der Waals surface area (Å²) >= 11 is 0. The second kappa shape index (κ2) is 4.81. The Balaban J connectivity index is 2.19. The first kappa shape index (κ1) is 14.4. The maximum Gasteiger partial charge on any atom is 0.246 e. The number of hydrogen-bond acceptors (Lipinski definition) is 3. The van der Waals surface area contributed by atoms with Crippen LogP contribution in [0, 0.1) is 17.6 Å². The van der Waals surface area contributed by atoms with Gasteiger partial charge in [-0.2, -0.15) is 0 Å². The fourth-order valence-corrected chi connectivity index (χ4v) is 3.18. The number of aliphatic hydroxyl groups is 1. The Labute approximate surface area is 110 Å². The lowest BCUT2D eigenvalue weighted by Gasteiger charge is -2.23. The zero-order chi connectivity index (χ0) is 14.3. The molecule has 1 aromatic carbocycles. The van der Waals surface area contributed by atoms with Gasteiger partial charge in [0.15, 0.2) is 4.90 Å². The van der Waals surface area contributed by atoms with Crippen molar-refractivity contribution in [3.8, 4) is 0 Å². The van der Waals surface area contributed by atoms with Gasteiger partial charge in [0.1, 0.15) is 11.6 Å². The third-order valence-corrected chi connectivity index (χ3v) is 4.72. The van der Waals surface area contributed by atoms with E-state index >= 15 is 0 Å². The SMILES string of the molecule is C[C@](O)(CNS(=O)(=O)c1c(F)cccc1F)C1CC1. The van der Waals surface area contributed by atoms with Crippen LogP contribution in [0.2, 0.25) is 0 Å². The van der Waals surface area contributed by atoms with Crippen molar-refractivity contribution >= 4 is 10.0 Å². The van der Waals surface area contributed by atoms with Crippen LogP contribution in [0.5, 0.6) is 0 Å². The van der Waals surface area contributed by atoms with E-state index in [1.807, 2.05) is 0 Å². The van der Waals surface area contributed by atoms with Gasteiger partial charge in [-0.3, -0.25) is 0 Å². The van der Waals surface area contributed by atoms with Crippen LogP contribution in [-0.2, 0) is 10.0 Å². The summed E-state index contributed by atoms with van der Waals surface area (Å²) in [6.07, 6.45) is 1.64. The molecule has 0 saturated heterocycles. The lowest BCUT2D eigenvalue weighted by molar-refractivity contribution is 0.0422. The molecule has 0 aromatic heterocycles. The average Bonchev–Trinajstić information content (AvgIpc) is 3.10. The molecule has 2 rings (SSSR count). The van der Waals surface area contributed by atoms with Crippen molar-refractivity contribution in [2.75, 3.05) is 6.54 Å². The largest absolute Gasteiger partial charge is 0.389 e. The molecule has 1 fully saturated rings. The first-order valence-corrected chi connectivity index (χ1v) is 7.38. The molecule has 0 bridgehead atoms. The van der Waals surface area contributed by atoms with E-state index in [1.165, 1.54) is 6.92 Å². The Bertz CT molecular complexity index is 562. The Kier molecular flexibility index (Phi) is 3.63. The first-order valence-electron chi connectivity index (χ1n) is 5.90. The normalized spacial score (nSPS) is 19.2. The number of rotatable bonds is 5. The molecular formula is C12H15F2NO3S. The fraction of sp³-hybridized carbons (Fsp3) is 0.500. The Hall–Kier alpha value is -1.05. The number of benzene rings is 1. The third kappa shape index (κ3) is 3.10. The monoisotopic (exact) mass is 291 g/mol. The van der Waals surface area contributed by atoms with Crippen LogP contribution < -0.4 is 4.72 Å². The van der Waals surface area contributed by atoms with E-state index in [0.717, 1.165) is 31.0 Å². The van der Waals surface area contributed by atoms with Crippen LogP contribution >= 0.6 is 0 Å². The molecule has 1 aliphatic rings. The van der Waals surface area contributed by atoms with Crippen molar-refractivity contribution in [2.45, 2.75) is 30.3 Å². The summed E-state index contributed by atoms with van der Waals surface area (Å²) in [6.45, 7) is 1.23. The predicted octanol–water partition coefficient (Wildman–Crippen LogP) is 1.40. The molecule has 0 radical (unpaired) electrons. The van der Waals surface area contributed by atoms with Gasteiger partial charge in [-0.05, 0) is 37.8 Å². The third-order valence-electron chi connectivity index (χ3n) is 3.26. The zero-order valence-electron chi connectivity index (χ0n) is 10.4. The van der Waals surface area contributed by atoms with E-state index in [0.29, 0.717) is 0 Å². The minimum absolute atomic E-state index is 0.0284. The number of hydrogen-bond donors (Lipinski definition) is 2. The quantitative estimate of drug-likeness (QED) is 0.862. The van der Waals surface area contributed by atoms with Crippen molar-refractivity contribution in [1.29, 1.82) is 0 Å². The van der Waals surface area contributed by atoms with Crippen molar-refractivity contribution in [2.24, 2.45) is 5.92 Å². The van der Waals surface area contributed by atoms with E-state index in [1.54, 1.807) is 0 Å². The maximum atomic E-state index is 13.4. The van der Waals surface area contributed by atoms with Gasteiger partial charge in [0, 0.05) is 6.54 Å². The zero-order valence-corrected chi connectivity index (χ0v) is 11.2. The molecule has 0 spiro atoms. The lowest BCUT2D eigenvalue weighted by Crippen LogP contribution is -2.42. The van der Waals surface area contributed by atoms with E-state index in [2.05, 4.69) is 4.72 Å². The molecule has 1 saturated carbocycles. The summed E-state index contributed by atoms with van der Waals surface area (Å²) in [5, 5.41) is 9.99. The molecule has 4 nitrogen and oxygen atoms in total. The molecule has 7 heteroatoms. The predicted molar refractivity (Wildman–Crippen MR) is 64.9 cm³/mol. The van der Waals surface area contributed by atoms with Crippen LogP contribution in [-0.4, -0.2) is 25.7 Å². The summed E-state index contributed by atoms with van der Waals surface area (Å²) in [5.74, 6) is -2.28. The van der Waals surface area contributed by atoms with E-state index in [9.17, 15) is 22.3 Å². The summed E-state index contributed by atoms with van der Waals surface area (Å²) in [6, 6.07) is 2.83. The van der Waals surface area contributed by atoms with E-state index in [-0.39, 0.29) is 12.5 Å². The van der Waals surface area contributed by atoms with Crippen LogP contribution in [0.4, 0.5) is 8.78 Å². The van der Waals surface area contributed by atoms with Gasteiger partial charge in [0.05, 0.1) is 5.60 Å². The molecule has 0 aliphatic heterocycles. The van der Waals surface area contributed by atoms with Crippen LogP contribution in [0.25, 0.3) is 0 Å². The molecule has 0 heterocycles. The van der Waals surface area contributed by atoms with Crippen molar-refractivity contribution in [3.05, 3.63) is 29.8 Å². The molecule has 106 valence electrons. The first-order chi connectivity index (χ1) is 8.74. The highest BCUT2D eigenvalue weighted by Gasteiger charge is 2.40. The number of nitrogens with one attached hydrogen (secondary N) is 1. The highest BCUT2D eigenvalue weighted by molar-refractivity contribution is 7.89. The highest BCUT2D eigenvalue weighted by atomic mass is 32.2. The molecule has 1 atom stereocenters. The van der Waals surface area contributed by atoms with Gasteiger partial charge in [0.25, 0.3) is 0 Å². The van der Waals surface area contributed by atoms with Gasteiger partial charge < -0.3 is 5.11 Å². The topological polar surface area (TPSA) is 66.4 Å². The molecule has 2 N–H and O–H groups in total. The van der Waals surface area contributed by atoms with Gasteiger partial charge in [-0.1, -0.05) is 6.07 Å². The Morgan fingerprint density at radius 3 is 2.37 bits per heavy atom. The van der Waals surface area contributed by atoms with Gasteiger partial charge in [-0.15, -0.1) is 0 Å². The molecule has 19 heavy (non-hydrogen) atoms. The molecule has 1 aliphatic carbocycles. The summed E-state index contributed by atoms with van der Waals surface area (Å²) in [4.78, 5) is -1.01. The van der Waals surface area contributed by atoms with Crippen LogP contribution in [0.15, 0.2) is 23.1 Å². The smallest absolute Gasteiger partial charge is 0.246 e. The standard InChI is InChI=1S/C12H15F2NO3S/c1-12(16,8-5-6-8)7-15-19(17,18)11-9(13)3-2-4-10(11)14/h2-4,8,15-16H,5-7H2,1H3/t12-/m0/s1.